The van der Waals surface area contributed by atoms with Crippen LogP contribution < -0.4 is 0 Å². The molecule has 0 aliphatic heterocycles. The lowest BCUT2D eigenvalue weighted by molar-refractivity contribution is 0.863. The number of nitriles is 1. The zero-order valence-electron chi connectivity index (χ0n) is 15.2. The van der Waals surface area contributed by atoms with Gasteiger partial charge in [-0.25, -0.2) is 9.67 Å². The predicted octanol–water partition coefficient (Wildman–Crippen LogP) is 5.44. The van der Waals surface area contributed by atoms with E-state index in [1.165, 1.54) is 0 Å². The average molecular weight is 408 g/mol. The molecule has 0 amide bonds. The summed E-state index contributed by atoms with van der Waals surface area (Å²) in [7, 11) is 1.89. The third kappa shape index (κ3) is 3.07. The third-order valence-electron chi connectivity index (χ3n) is 4.56. The van der Waals surface area contributed by atoms with Crippen molar-refractivity contribution in [3.05, 3.63) is 75.8 Å². The minimum absolute atomic E-state index is 0.416. The number of imidazole rings is 1. The number of allylic oxidation sites excluding steroid dienone is 1. The lowest BCUT2D eigenvalue weighted by Crippen LogP contribution is -1.97. The normalized spacial score (nSPS) is 11.8. The molecule has 0 radical (unpaired) electrons. The first kappa shape index (κ1) is 18.3. The zero-order valence-corrected chi connectivity index (χ0v) is 16.7. The summed E-state index contributed by atoms with van der Waals surface area (Å²) in [5, 5.41) is 15.3. The molecule has 2 heterocycles. The maximum Gasteiger partial charge on any atom is 0.151 e. The van der Waals surface area contributed by atoms with Gasteiger partial charge in [0.15, 0.2) is 5.82 Å². The smallest absolute Gasteiger partial charge is 0.151 e. The first-order valence-electron chi connectivity index (χ1n) is 8.54. The van der Waals surface area contributed by atoms with Crippen LogP contribution in [0.25, 0.3) is 28.4 Å². The van der Waals surface area contributed by atoms with Crippen LogP contribution in [-0.4, -0.2) is 19.3 Å². The molecule has 0 fully saturated rings. The molecule has 0 saturated heterocycles. The fraction of sp³-hybridized carbons (Fsp3) is 0.0952. The van der Waals surface area contributed by atoms with Crippen LogP contribution in [0.1, 0.15) is 17.1 Å². The molecule has 2 aromatic heterocycles. The molecule has 4 rings (SSSR count). The molecule has 5 nitrogen and oxygen atoms in total. The van der Waals surface area contributed by atoms with Crippen LogP contribution in [0.5, 0.6) is 0 Å². The van der Waals surface area contributed by atoms with E-state index in [0.29, 0.717) is 32.8 Å². The second kappa shape index (κ2) is 7.16. The standard InChI is InChI=1S/C21H15Cl2N5/c1-13-17(20(23)28(26-13)16-9-7-15(22)8-10-16)11-14(12-24)21-25-18-5-3-4-6-19(18)27(21)2/h3-11H,1-2H3/b14-11-. The van der Waals surface area contributed by atoms with Crippen molar-refractivity contribution in [2.24, 2.45) is 7.05 Å². The zero-order chi connectivity index (χ0) is 19.8. The van der Waals surface area contributed by atoms with E-state index in [1.807, 2.05) is 54.9 Å². The maximum atomic E-state index is 9.77. The number of rotatable bonds is 3. The Bertz CT molecular complexity index is 1260. The Morgan fingerprint density at radius 2 is 1.82 bits per heavy atom. The summed E-state index contributed by atoms with van der Waals surface area (Å²) in [6.45, 7) is 1.86. The maximum absolute atomic E-state index is 9.77. The van der Waals surface area contributed by atoms with E-state index in [2.05, 4.69) is 16.2 Å². The molecular weight excluding hydrogens is 393 g/mol. The van der Waals surface area contributed by atoms with Crippen molar-refractivity contribution in [3.63, 3.8) is 0 Å². The number of benzene rings is 2. The number of para-hydroxylation sites is 2. The summed E-state index contributed by atoms with van der Waals surface area (Å²) in [6.07, 6.45) is 1.73. The van der Waals surface area contributed by atoms with Gasteiger partial charge in [0.2, 0.25) is 0 Å². The first-order valence-corrected chi connectivity index (χ1v) is 9.30. The Hall–Kier alpha value is -3.07. The molecule has 0 aliphatic rings. The number of nitrogens with zero attached hydrogens (tertiary/aromatic N) is 5. The first-order chi connectivity index (χ1) is 13.5. The average Bonchev–Trinajstić information content (AvgIpc) is 3.18. The molecule has 7 heteroatoms. The van der Waals surface area contributed by atoms with Crippen molar-refractivity contribution >= 4 is 45.9 Å². The lowest BCUT2D eigenvalue weighted by Gasteiger charge is -2.03. The van der Waals surface area contributed by atoms with Crippen molar-refractivity contribution in [3.8, 4) is 11.8 Å². The number of aryl methyl sites for hydroxylation is 2. The Balaban J connectivity index is 1.84. The van der Waals surface area contributed by atoms with Crippen molar-refractivity contribution in [1.82, 2.24) is 19.3 Å². The molecule has 0 bridgehead atoms. The highest BCUT2D eigenvalue weighted by Gasteiger charge is 2.17. The summed E-state index contributed by atoms with van der Waals surface area (Å²) in [5.41, 5.74) is 4.39. The van der Waals surface area contributed by atoms with E-state index in [0.717, 1.165) is 16.7 Å². The van der Waals surface area contributed by atoms with Crippen LogP contribution in [-0.2, 0) is 7.05 Å². The number of hydrogen-bond acceptors (Lipinski definition) is 3. The SMILES string of the molecule is Cc1nn(-c2ccc(Cl)cc2)c(Cl)c1/C=C(/C#N)c1nc2ccccc2n1C. The fourth-order valence-electron chi connectivity index (χ4n) is 3.11. The lowest BCUT2D eigenvalue weighted by atomic mass is 10.1. The van der Waals surface area contributed by atoms with Crippen molar-refractivity contribution in [2.75, 3.05) is 0 Å². The number of hydrogen-bond donors (Lipinski definition) is 0. The molecule has 138 valence electrons. The fourth-order valence-corrected chi connectivity index (χ4v) is 3.56. The van der Waals surface area contributed by atoms with E-state index in [1.54, 1.807) is 22.9 Å². The summed E-state index contributed by atoms with van der Waals surface area (Å²) in [5.74, 6) is 0.582. The van der Waals surface area contributed by atoms with E-state index in [9.17, 15) is 5.26 Å². The van der Waals surface area contributed by atoms with Crippen LogP contribution in [0.2, 0.25) is 10.2 Å². The molecule has 0 aliphatic carbocycles. The van der Waals surface area contributed by atoms with Gasteiger partial charge in [-0.2, -0.15) is 10.4 Å². The second-order valence-corrected chi connectivity index (χ2v) is 7.13. The third-order valence-corrected chi connectivity index (χ3v) is 5.17. The number of aromatic nitrogens is 4. The molecule has 0 unspecified atom stereocenters. The van der Waals surface area contributed by atoms with Crippen LogP contribution >= 0.6 is 23.2 Å². The minimum atomic E-state index is 0.416. The molecule has 0 spiro atoms. The Morgan fingerprint density at radius 3 is 2.50 bits per heavy atom. The topological polar surface area (TPSA) is 59.4 Å². The van der Waals surface area contributed by atoms with Crippen LogP contribution in [0, 0.1) is 18.3 Å². The van der Waals surface area contributed by atoms with Gasteiger partial charge in [0, 0.05) is 17.6 Å². The van der Waals surface area contributed by atoms with Crippen LogP contribution in [0.3, 0.4) is 0 Å². The number of fused-ring (bicyclic) bond motifs is 1. The summed E-state index contributed by atoms with van der Waals surface area (Å²) in [4.78, 5) is 4.60. The van der Waals surface area contributed by atoms with Gasteiger partial charge in [-0.15, -0.1) is 0 Å². The van der Waals surface area contributed by atoms with Crippen molar-refractivity contribution in [1.29, 1.82) is 5.26 Å². The van der Waals surface area contributed by atoms with Crippen molar-refractivity contribution < 1.29 is 0 Å². The van der Waals surface area contributed by atoms with Gasteiger partial charge in [0.1, 0.15) is 11.2 Å². The van der Waals surface area contributed by atoms with Gasteiger partial charge in [-0.05, 0) is 49.4 Å². The minimum Gasteiger partial charge on any atom is -0.327 e. The Kier molecular flexibility index (Phi) is 4.68. The molecule has 0 saturated carbocycles. The van der Waals surface area contributed by atoms with Crippen LogP contribution in [0.4, 0.5) is 0 Å². The summed E-state index contributed by atoms with van der Waals surface area (Å²) in [6, 6.07) is 17.2. The largest absolute Gasteiger partial charge is 0.327 e. The van der Waals surface area contributed by atoms with Gasteiger partial charge in [-0.3, -0.25) is 0 Å². The van der Waals surface area contributed by atoms with Gasteiger partial charge in [0.05, 0.1) is 28.0 Å². The van der Waals surface area contributed by atoms with Gasteiger partial charge < -0.3 is 4.57 Å². The van der Waals surface area contributed by atoms with Gasteiger partial charge in [-0.1, -0.05) is 35.3 Å². The van der Waals surface area contributed by atoms with Crippen LogP contribution in [0.15, 0.2) is 48.5 Å². The second-order valence-electron chi connectivity index (χ2n) is 6.33. The van der Waals surface area contributed by atoms with Crippen molar-refractivity contribution in [2.45, 2.75) is 6.92 Å². The van der Waals surface area contributed by atoms with E-state index in [4.69, 9.17) is 23.2 Å². The molecular formula is C21H15Cl2N5. The summed E-state index contributed by atoms with van der Waals surface area (Å²) < 4.78 is 3.53. The summed E-state index contributed by atoms with van der Waals surface area (Å²) >= 11 is 12.6. The highest BCUT2D eigenvalue weighted by molar-refractivity contribution is 6.32. The number of halogens is 2. The van der Waals surface area contributed by atoms with Gasteiger partial charge in [0.25, 0.3) is 0 Å². The molecule has 4 aromatic rings. The predicted molar refractivity (Wildman–Crippen MR) is 113 cm³/mol. The highest BCUT2D eigenvalue weighted by Crippen LogP contribution is 2.29. The molecule has 0 N–H and O–H groups in total. The monoisotopic (exact) mass is 407 g/mol. The van der Waals surface area contributed by atoms with E-state index in [-0.39, 0.29) is 0 Å². The Labute approximate surface area is 172 Å². The molecule has 28 heavy (non-hydrogen) atoms. The van der Waals surface area contributed by atoms with E-state index >= 15 is 0 Å². The quantitative estimate of drug-likeness (QED) is 0.424. The van der Waals surface area contributed by atoms with Gasteiger partial charge >= 0.3 is 0 Å². The molecule has 0 atom stereocenters. The molecule has 2 aromatic carbocycles. The highest BCUT2D eigenvalue weighted by atomic mass is 35.5. The Morgan fingerprint density at radius 1 is 1.11 bits per heavy atom. The van der Waals surface area contributed by atoms with E-state index < -0.39 is 0 Å².